The number of aryl methyl sites for hydroxylation is 1. The molecule has 0 radical (unpaired) electrons. The number of anilines is 1. The fraction of sp³-hybridized carbons (Fsp3) is 0.176. The number of benzene rings is 2. The van der Waals surface area contributed by atoms with Crippen LogP contribution in [0.3, 0.4) is 0 Å². The molecular formula is C17H13ClF3N5O. The van der Waals surface area contributed by atoms with Crippen molar-refractivity contribution in [2.45, 2.75) is 19.6 Å². The molecule has 0 bridgehead atoms. The second-order valence-corrected chi connectivity index (χ2v) is 6.16. The Balaban J connectivity index is 1.71. The molecule has 6 nitrogen and oxygen atoms in total. The van der Waals surface area contributed by atoms with Crippen molar-refractivity contribution in [2.75, 3.05) is 5.32 Å². The zero-order valence-electron chi connectivity index (χ0n) is 14.0. The van der Waals surface area contributed by atoms with E-state index in [0.717, 1.165) is 34.1 Å². The highest BCUT2D eigenvalue weighted by molar-refractivity contribution is 6.33. The molecule has 1 amide bonds. The molecule has 0 spiro atoms. The van der Waals surface area contributed by atoms with Crippen LogP contribution in [0.4, 0.5) is 18.9 Å². The number of nitrogens with one attached hydrogen (secondary N) is 1. The molecule has 0 aliphatic rings. The summed E-state index contributed by atoms with van der Waals surface area (Å²) in [7, 11) is 0. The molecule has 3 aromatic rings. The van der Waals surface area contributed by atoms with Crippen LogP contribution in [0, 0.1) is 6.92 Å². The van der Waals surface area contributed by atoms with Gasteiger partial charge in [0.2, 0.25) is 11.7 Å². The SMILES string of the molecule is Cc1ccc(-c2nnn(CC(=O)Nc3cc(C(F)(F)F)ccc3Cl)n2)cc1. The lowest BCUT2D eigenvalue weighted by atomic mass is 10.1. The number of rotatable bonds is 4. The molecule has 0 saturated carbocycles. The lowest BCUT2D eigenvalue weighted by Crippen LogP contribution is -2.21. The van der Waals surface area contributed by atoms with E-state index in [4.69, 9.17) is 11.6 Å². The van der Waals surface area contributed by atoms with E-state index < -0.39 is 17.6 Å². The Kier molecular flexibility index (Phi) is 5.13. The normalized spacial score (nSPS) is 11.4. The summed E-state index contributed by atoms with van der Waals surface area (Å²) in [5.74, 6) is -0.302. The highest BCUT2D eigenvalue weighted by Gasteiger charge is 2.31. The first-order valence-corrected chi connectivity index (χ1v) is 8.11. The summed E-state index contributed by atoms with van der Waals surface area (Å²) in [4.78, 5) is 13.2. The van der Waals surface area contributed by atoms with E-state index in [1.165, 1.54) is 0 Å². The summed E-state index contributed by atoms with van der Waals surface area (Å²) in [5.41, 5.74) is 0.745. The third-order valence-electron chi connectivity index (χ3n) is 3.62. The van der Waals surface area contributed by atoms with Gasteiger partial charge >= 0.3 is 6.18 Å². The van der Waals surface area contributed by atoms with Gasteiger partial charge in [0.1, 0.15) is 6.54 Å². The maximum atomic E-state index is 12.8. The van der Waals surface area contributed by atoms with Crippen molar-refractivity contribution in [1.82, 2.24) is 20.2 Å². The van der Waals surface area contributed by atoms with E-state index in [9.17, 15) is 18.0 Å². The number of hydrogen-bond acceptors (Lipinski definition) is 4. The molecule has 27 heavy (non-hydrogen) atoms. The number of nitrogens with zero attached hydrogens (tertiary/aromatic N) is 4. The van der Waals surface area contributed by atoms with E-state index in [2.05, 4.69) is 20.7 Å². The van der Waals surface area contributed by atoms with Crippen molar-refractivity contribution < 1.29 is 18.0 Å². The van der Waals surface area contributed by atoms with Gasteiger partial charge in [0.25, 0.3) is 0 Å². The highest BCUT2D eigenvalue weighted by Crippen LogP contribution is 2.33. The van der Waals surface area contributed by atoms with Crippen molar-refractivity contribution in [1.29, 1.82) is 0 Å². The summed E-state index contributed by atoms with van der Waals surface area (Å²) in [6.07, 6.45) is -4.54. The third-order valence-corrected chi connectivity index (χ3v) is 3.94. The van der Waals surface area contributed by atoms with Gasteiger partial charge in [0.05, 0.1) is 16.3 Å². The van der Waals surface area contributed by atoms with Gasteiger partial charge in [-0.15, -0.1) is 10.2 Å². The number of hydrogen-bond donors (Lipinski definition) is 1. The standard InChI is InChI=1S/C17H13ClF3N5O/c1-10-2-4-11(5-3-10)16-23-25-26(24-16)9-15(27)22-14-8-12(17(19,20)21)6-7-13(14)18/h2-8H,9H2,1H3,(H,22,27). The van der Waals surface area contributed by atoms with Crippen molar-refractivity contribution in [3.8, 4) is 11.4 Å². The molecule has 1 N–H and O–H groups in total. The summed E-state index contributed by atoms with van der Waals surface area (Å²) in [6.45, 7) is 1.61. The predicted molar refractivity (Wildman–Crippen MR) is 93.1 cm³/mol. The Morgan fingerprint density at radius 3 is 2.56 bits per heavy atom. The predicted octanol–water partition coefficient (Wildman–Crippen LogP) is 3.96. The molecule has 0 aliphatic carbocycles. The van der Waals surface area contributed by atoms with Gasteiger partial charge in [0.15, 0.2) is 0 Å². The molecular weight excluding hydrogens is 383 g/mol. The van der Waals surface area contributed by atoms with Crippen LogP contribution in [-0.4, -0.2) is 26.1 Å². The van der Waals surface area contributed by atoms with Crippen molar-refractivity contribution >= 4 is 23.2 Å². The maximum absolute atomic E-state index is 12.8. The van der Waals surface area contributed by atoms with E-state index in [-0.39, 0.29) is 17.3 Å². The molecule has 0 aliphatic heterocycles. The van der Waals surface area contributed by atoms with Gasteiger partial charge in [-0.3, -0.25) is 4.79 Å². The number of amides is 1. The highest BCUT2D eigenvalue weighted by atomic mass is 35.5. The first-order chi connectivity index (χ1) is 12.7. The number of aromatic nitrogens is 4. The van der Waals surface area contributed by atoms with Crippen molar-refractivity contribution in [3.63, 3.8) is 0 Å². The summed E-state index contributed by atoms with van der Waals surface area (Å²) in [5, 5.41) is 14.1. The minimum Gasteiger partial charge on any atom is -0.323 e. The number of carbonyl (C=O) groups excluding carboxylic acids is 1. The Labute approximate surface area is 157 Å². The second kappa shape index (κ2) is 7.36. The zero-order valence-corrected chi connectivity index (χ0v) is 14.7. The first kappa shape index (κ1) is 18.8. The van der Waals surface area contributed by atoms with Crippen LogP contribution in [0.2, 0.25) is 5.02 Å². The van der Waals surface area contributed by atoms with Crippen LogP contribution in [0.15, 0.2) is 42.5 Å². The molecule has 0 atom stereocenters. The van der Waals surface area contributed by atoms with Gasteiger partial charge in [-0.05, 0) is 30.3 Å². The first-order valence-electron chi connectivity index (χ1n) is 7.74. The summed E-state index contributed by atoms with van der Waals surface area (Å²) >= 11 is 5.86. The third kappa shape index (κ3) is 4.62. The zero-order chi connectivity index (χ0) is 19.6. The molecule has 10 heteroatoms. The Morgan fingerprint density at radius 2 is 1.89 bits per heavy atom. The fourth-order valence-corrected chi connectivity index (χ4v) is 2.41. The molecule has 2 aromatic carbocycles. The molecule has 0 fully saturated rings. The van der Waals surface area contributed by atoms with Gasteiger partial charge in [-0.2, -0.15) is 18.0 Å². The van der Waals surface area contributed by atoms with Crippen LogP contribution in [0.1, 0.15) is 11.1 Å². The van der Waals surface area contributed by atoms with E-state index in [1.807, 2.05) is 31.2 Å². The largest absolute Gasteiger partial charge is 0.416 e. The van der Waals surface area contributed by atoms with Gasteiger partial charge in [-0.25, -0.2) is 0 Å². The minimum absolute atomic E-state index is 0.0109. The van der Waals surface area contributed by atoms with Gasteiger partial charge in [0, 0.05) is 5.56 Å². The van der Waals surface area contributed by atoms with E-state index >= 15 is 0 Å². The minimum atomic E-state index is -4.54. The van der Waals surface area contributed by atoms with Gasteiger partial charge < -0.3 is 5.32 Å². The summed E-state index contributed by atoms with van der Waals surface area (Å²) in [6, 6.07) is 10.1. The Bertz CT molecular complexity index is 969. The van der Waals surface area contributed by atoms with Crippen LogP contribution in [0.5, 0.6) is 0 Å². The van der Waals surface area contributed by atoms with Gasteiger partial charge in [-0.1, -0.05) is 41.4 Å². The average Bonchev–Trinajstić information content (AvgIpc) is 3.04. The summed E-state index contributed by atoms with van der Waals surface area (Å²) < 4.78 is 38.4. The molecule has 3 rings (SSSR count). The van der Waals surface area contributed by atoms with E-state index in [0.29, 0.717) is 5.82 Å². The number of carbonyl (C=O) groups is 1. The molecule has 1 aromatic heterocycles. The van der Waals surface area contributed by atoms with Crippen LogP contribution in [-0.2, 0) is 17.5 Å². The Hall–Kier alpha value is -2.94. The van der Waals surface area contributed by atoms with Crippen molar-refractivity contribution in [2.24, 2.45) is 0 Å². The second-order valence-electron chi connectivity index (χ2n) is 5.75. The average molecular weight is 396 g/mol. The molecule has 1 heterocycles. The lowest BCUT2D eigenvalue weighted by Gasteiger charge is -2.11. The quantitative estimate of drug-likeness (QED) is 0.725. The molecule has 140 valence electrons. The van der Waals surface area contributed by atoms with E-state index in [1.54, 1.807) is 0 Å². The van der Waals surface area contributed by atoms with Crippen LogP contribution >= 0.6 is 11.6 Å². The Morgan fingerprint density at radius 1 is 1.19 bits per heavy atom. The van der Waals surface area contributed by atoms with Crippen molar-refractivity contribution in [3.05, 3.63) is 58.6 Å². The monoisotopic (exact) mass is 395 g/mol. The number of alkyl halides is 3. The van der Waals surface area contributed by atoms with Crippen LogP contribution in [0.25, 0.3) is 11.4 Å². The number of halogens is 4. The fourth-order valence-electron chi connectivity index (χ4n) is 2.24. The number of tetrazole rings is 1. The maximum Gasteiger partial charge on any atom is 0.416 e. The lowest BCUT2D eigenvalue weighted by molar-refractivity contribution is -0.137. The van der Waals surface area contributed by atoms with Crippen LogP contribution < -0.4 is 5.32 Å². The topological polar surface area (TPSA) is 72.7 Å². The smallest absolute Gasteiger partial charge is 0.323 e. The molecule has 0 saturated heterocycles. The molecule has 0 unspecified atom stereocenters.